The number of halogens is 3. The van der Waals surface area contributed by atoms with Crippen molar-refractivity contribution in [2.24, 2.45) is 0 Å². The molecule has 5 rings (SSSR count). The molecule has 12 heteroatoms. The van der Waals surface area contributed by atoms with Crippen molar-refractivity contribution in [3.05, 3.63) is 66.4 Å². The van der Waals surface area contributed by atoms with E-state index in [4.69, 9.17) is 10.5 Å². The lowest BCUT2D eigenvalue weighted by Crippen LogP contribution is -2.53. The predicted molar refractivity (Wildman–Crippen MR) is 126 cm³/mol. The van der Waals surface area contributed by atoms with E-state index in [1.54, 1.807) is 24.4 Å². The zero-order valence-corrected chi connectivity index (χ0v) is 18.7. The van der Waals surface area contributed by atoms with Crippen LogP contribution in [0.5, 0.6) is 5.75 Å². The van der Waals surface area contributed by atoms with Crippen molar-refractivity contribution in [2.45, 2.75) is 12.3 Å². The first-order valence-electron chi connectivity index (χ1n) is 10.9. The van der Waals surface area contributed by atoms with E-state index in [2.05, 4.69) is 15.4 Å². The molecule has 0 spiro atoms. The molecule has 0 unspecified atom stereocenters. The molecule has 186 valence electrons. The van der Waals surface area contributed by atoms with Gasteiger partial charge in [-0.25, -0.2) is 4.52 Å². The number of ether oxygens (including phenoxy) is 1. The van der Waals surface area contributed by atoms with Gasteiger partial charge in [-0.3, -0.25) is 4.79 Å². The van der Waals surface area contributed by atoms with Gasteiger partial charge in [0.15, 0.2) is 12.3 Å². The Bertz CT molecular complexity index is 1420. The summed E-state index contributed by atoms with van der Waals surface area (Å²) < 4.78 is 45.1. The summed E-state index contributed by atoms with van der Waals surface area (Å²) in [6.07, 6.45) is -3.40. The van der Waals surface area contributed by atoms with Gasteiger partial charge >= 0.3 is 6.18 Å². The van der Waals surface area contributed by atoms with Crippen molar-refractivity contribution in [1.82, 2.24) is 19.5 Å². The summed E-state index contributed by atoms with van der Waals surface area (Å²) in [5.74, 6) is -0.461. The van der Waals surface area contributed by atoms with Crippen LogP contribution in [-0.2, 0) is 0 Å². The molecule has 36 heavy (non-hydrogen) atoms. The Kier molecular flexibility index (Phi) is 5.88. The van der Waals surface area contributed by atoms with Gasteiger partial charge in [0.1, 0.15) is 5.75 Å². The fraction of sp³-hybridized carbons (Fsp3) is 0.208. The topological polar surface area (TPSA) is 118 Å². The quantitative estimate of drug-likeness (QED) is 0.349. The monoisotopic (exact) mass is 498 g/mol. The first-order chi connectivity index (χ1) is 17.1. The van der Waals surface area contributed by atoms with Gasteiger partial charge in [-0.15, -0.1) is 5.10 Å². The third-order valence-electron chi connectivity index (χ3n) is 5.59. The minimum Gasteiger partial charge on any atom is -0.482 e. The molecule has 9 nitrogen and oxygen atoms in total. The number of rotatable bonds is 6. The number of nitrogens with zero attached hydrogens (tertiary/aromatic N) is 4. The summed E-state index contributed by atoms with van der Waals surface area (Å²) in [7, 11) is 0. The Morgan fingerprint density at radius 3 is 2.53 bits per heavy atom. The standard InChI is InChI=1S/C24H21F3N6O3/c25-24(26,27)13-36-20-9-15(22(35)32-11-18(34)12-32)3-7-19(20)29-23-30-21-8-4-16(10-33(21)31-23)14-1-5-17(28)6-2-14/h1-10,18,34H,11-13,28H2,(H,29,31). The average molecular weight is 498 g/mol. The van der Waals surface area contributed by atoms with E-state index in [0.717, 1.165) is 11.1 Å². The minimum absolute atomic E-state index is 0.131. The van der Waals surface area contributed by atoms with E-state index < -0.39 is 24.8 Å². The van der Waals surface area contributed by atoms with E-state index in [9.17, 15) is 23.1 Å². The van der Waals surface area contributed by atoms with E-state index in [1.165, 1.54) is 27.6 Å². The second-order valence-corrected chi connectivity index (χ2v) is 8.38. The van der Waals surface area contributed by atoms with Gasteiger partial charge in [-0.2, -0.15) is 18.2 Å². The van der Waals surface area contributed by atoms with Gasteiger partial charge in [0, 0.05) is 36.1 Å². The number of carbonyl (C=O) groups excluding carboxylic acids is 1. The molecule has 1 fully saturated rings. The number of benzene rings is 2. The highest BCUT2D eigenvalue weighted by molar-refractivity contribution is 5.96. The number of carbonyl (C=O) groups is 1. The molecule has 0 aliphatic carbocycles. The summed E-state index contributed by atoms with van der Waals surface area (Å²) in [6, 6.07) is 15.1. The van der Waals surface area contributed by atoms with Crippen molar-refractivity contribution in [3.63, 3.8) is 0 Å². The number of aliphatic hydroxyl groups excluding tert-OH is 1. The lowest BCUT2D eigenvalue weighted by atomic mass is 10.1. The lowest BCUT2D eigenvalue weighted by molar-refractivity contribution is -0.153. The first-order valence-corrected chi connectivity index (χ1v) is 10.9. The third-order valence-corrected chi connectivity index (χ3v) is 5.59. The molecular weight excluding hydrogens is 477 g/mol. The van der Waals surface area contributed by atoms with Gasteiger partial charge in [0.05, 0.1) is 11.8 Å². The Balaban J connectivity index is 1.41. The first kappa shape index (κ1) is 23.4. The normalized spacial score (nSPS) is 14.1. The number of fused-ring (bicyclic) bond motifs is 1. The number of anilines is 3. The van der Waals surface area contributed by atoms with Crippen molar-refractivity contribution in [2.75, 3.05) is 30.7 Å². The largest absolute Gasteiger partial charge is 0.482 e. The number of alkyl halides is 3. The van der Waals surface area contributed by atoms with Gasteiger partial charge in [-0.05, 0) is 48.0 Å². The molecule has 0 radical (unpaired) electrons. The zero-order valence-electron chi connectivity index (χ0n) is 18.7. The Labute approximate surface area is 202 Å². The number of aliphatic hydroxyl groups is 1. The number of nitrogens with two attached hydrogens (primary N) is 1. The summed E-state index contributed by atoms with van der Waals surface area (Å²) in [4.78, 5) is 18.3. The number of hydrogen-bond donors (Lipinski definition) is 3. The zero-order chi connectivity index (χ0) is 25.4. The van der Waals surface area contributed by atoms with Crippen molar-refractivity contribution in [3.8, 4) is 16.9 Å². The number of hydrogen-bond acceptors (Lipinski definition) is 7. The molecule has 4 aromatic rings. The van der Waals surface area contributed by atoms with E-state index in [1.807, 2.05) is 18.2 Å². The van der Waals surface area contributed by atoms with Gasteiger partial charge in [0.2, 0.25) is 5.95 Å². The van der Waals surface area contributed by atoms with Gasteiger partial charge in [0.25, 0.3) is 5.91 Å². The number of aromatic nitrogens is 3. The smallest absolute Gasteiger partial charge is 0.422 e. The molecule has 0 bridgehead atoms. The number of nitrogens with one attached hydrogen (secondary N) is 1. The summed E-state index contributed by atoms with van der Waals surface area (Å²) >= 11 is 0. The number of likely N-dealkylation sites (tertiary alicyclic amines) is 1. The molecule has 1 aliphatic rings. The predicted octanol–water partition coefficient (Wildman–Crippen LogP) is 3.48. The molecule has 1 aliphatic heterocycles. The number of β-amino-alcohol motifs (C(OH)–C–C–N with tert-alkyl or cyclic N) is 1. The van der Waals surface area contributed by atoms with Gasteiger partial charge in [-0.1, -0.05) is 12.1 Å². The molecule has 0 atom stereocenters. The van der Waals surface area contributed by atoms with Gasteiger partial charge < -0.3 is 25.8 Å². The molecule has 1 saturated heterocycles. The third kappa shape index (κ3) is 5.03. The van der Waals surface area contributed by atoms with E-state index >= 15 is 0 Å². The van der Waals surface area contributed by atoms with Crippen LogP contribution in [0.1, 0.15) is 10.4 Å². The summed E-state index contributed by atoms with van der Waals surface area (Å²) in [5.41, 5.74) is 9.00. The maximum atomic E-state index is 12.9. The van der Waals surface area contributed by atoms with E-state index in [-0.39, 0.29) is 36.0 Å². The van der Waals surface area contributed by atoms with Crippen LogP contribution in [0.3, 0.4) is 0 Å². The summed E-state index contributed by atoms with van der Waals surface area (Å²) in [6.45, 7) is -1.20. The van der Waals surface area contributed by atoms with Crippen molar-refractivity contribution in [1.29, 1.82) is 0 Å². The fourth-order valence-corrected chi connectivity index (χ4v) is 3.74. The highest BCUT2D eigenvalue weighted by atomic mass is 19.4. The number of amides is 1. The number of pyridine rings is 1. The van der Waals surface area contributed by atoms with Crippen molar-refractivity contribution >= 4 is 28.9 Å². The maximum absolute atomic E-state index is 12.9. The highest BCUT2D eigenvalue weighted by Crippen LogP contribution is 2.31. The molecule has 4 N–H and O–H groups in total. The van der Waals surface area contributed by atoms with Crippen LogP contribution in [0.25, 0.3) is 16.8 Å². The minimum atomic E-state index is -4.57. The van der Waals surface area contributed by atoms with Crippen LogP contribution in [-0.4, -0.2) is 62.5 Å². The van der Waals surface area contributed by atoms with Crippen LogP contribution < -0.4 is 15.8 Å². The van der Waals surface area contributed by atoms with Crippen LogP contribution in [0.2, 0.25) is 0 Å². The van der Waals surface area contributed by atoms with Crippen molar-refractivity contribution < 1.29 is 27.8 Å². The second kappa shape index (κ2) is 9.04. The van der Waals surface area contributed by atoms with Crippen LogP contribution >= 0.6 is 0 Å². The van der Waals surface area contributed by atoms with Crippen LogP contribution in [0.15, 0.2) is 60.8 Å². The Morgan fingerprint density at radius 2 is 1.83 bits per heavy atom. The van der Waals surface area contributed by atoms with Crippen LogP contribution in [0, 0.1) is 0 Å². The molecule has 3 heterocycles. The number of nitrogen functional groups attached to an aromatic ring is 1. The Morgan fingerprint density at radius 1 is 1.11 bits per heavy atom. The molecule has 2 aromatic carbocycles. The molecule has 0 saturated carbocycles. The molecule has 2 aromatic heterocycles. The van der Waals surface area contributed by atoms with Crippen LogP contribution in [0.4, 0.5) is 30.5 Å². The second-order valence-electron chi connectivity index (χ2n) is 8.38. The molecular formula is C24H21F3N6O3. The molecule has 1 amide bonds. The summed E-state index contributed by atoms with van der Waals surface area (Å²) in [5, 5.41) is 16.7. The lowest BCUT2D eigenvalue weighted by Gasteiger charge is -2.36. The van der Waals surface area contributed by atoms with E-state index in [0.29, 0.717) is 11.3 Å². The SMILES string of the molecule is Nc1ccc(-c2ccc3nc(Nc4ccc(C(=O)N5CC(O)C5)cc4OCC(F)(F)F)nn3c2)cc1. The average Bonchev–Trinajstić information content (AvgIpc) is 3.22. The Hall–Kier alpha value is -4.32. The maximum Gasteiger partial charge on any atom is 0.422 e. The fourth-order valence-electron chi connectivity index (χ4n) is 3.74. The highest BCUT2D eigenvalue weighted by Gasteiger charge is 2.31.